The molecule has 3 rings (SSSR count). The molecule has 0 radical (unpaired) electrons. The third-order valence-electron chi connectivity index (χ3n) is 4.88. The van der Waals surface area contributed by atoms with Gasteiger partial charge in [-0.15, -0.1) is 0 Å². The average molecular weight is 283 g/mol. The molecule has 1 aliphatic heterocycles. The van der Waals surface area contributed by atoms with Gasteiger partial charge in [-0.3, -0.25) is 4.79 Å². The van der Waals surface area contributed by atoms with E-state index in [0.29, 0.717) is 11.8 Å². The lowest BCUT2D eigenvalue weighted by molar-refractivity contribution is 0.0780. The van der Waals surface area contributed by atoms with E-state index >= 15 is 0 Å². The first-order valence-electron chi connectivity index (χ1n) is 7.69. The largest absolute Gasteiger partial charge is 0.384 e. The van der Waals surface area contributed by atoms with Crippen molar-refractivity contribution in [3.8, 4) is 11.8 Å². The number of rotatable bonds is 1. The van der Waals surface area contributed by atoms with Gasteiger partial charge >= 0.3 is 0 Å². The molecule has 1 aromatic rings. The van der Waals surface area contributed by atoms with E-state index in [2.05, 4.69) is 11.8 Å². The average Bonchev–Trinajstić information content (AvgIpc) is 3.06. The van der Waals surface area contributed by atoms with E-state index in [1.165, 1.54) is 19.3 Å². The van der Waals surface area contributed by atoms with Gasteiger partial charge in [0.2, 0.25) is 0 Å². The van der Waals surface area contributed by atoms with E-state index < -0.39 is 0 Å². The molecule has 21 heavy (non-hydrogen) atoms. The van der Waals surface area contributed by atoms with Crippen LogP contribution >= 0.6 is 0 Å². The summed E-state index contributed by atoms with van der Waals surface area (Å²) >= 11 is 0. The van der Waals surface area contributed by atoms with E-state index in [-0.39, 0.29) is 12.5 Å². The number of hydrogen-bond acceptors (Lipinski definition) is 2. The van der Waals surface area contributed by atoms with Crippen molar-refractivity contribution in [1.82, 2.24) is 4.90 Å². The Labute approximate surface area is 126 Å². The van der Waals surface area contributed by atoms with Crippen LogP contribution in [0.5, 0.6) is 0 Å². The number of nitrogens with zero attached hydrogens (tertiary/aromatic N) is 1. The Bertz CT molecular complexity index is 599. The third-order valence-corrected chi connectivity index (χ3v) is 4.88. The highest BCUT2D eigenvalue weighted by Gasteiger charge is 2.38. The summed E-state index contributed by atoms with van der Waals surface area (Å²) in [5.74, 6) is 7.13. The van der Waals surface area contributed by atoms with Gasteiger partial charge in [-0.25, -0.2) is 0 Å². The lowest BCUT2D eigenvalue weighted by atomic mass is 10.0. The highest BCUT2D eigenvalue weighted by Crippen LogP contribution is 2.38. The Balaban J connectivity index is 1.82. The Morgan fingerprint density at radius 3 is 2.71 bits per heavy atom. The molecule has 3 nitrogen and oxygen atoms in total. The van der Waals surface area contributed by atoms with E-state index in [1.807, 2.05) is 30.0 Å². The van der Waals surface area contributed by atoms with Gasteiger partial charge in [0.05, 0.1) is 0 Å². The minimum absolute atomic E-state index is 0.134. The highest BCUT2D eigenvalue weighted by molar-refractivity contribution is 5.96. The number of hydrogen-bond donors (Lipinski definition) is 1. The maximum Gasteiger partial charge on any atom is 0.254 e. The molecule has 0 bridgehead atoms. The van der Waals surface area contributed by atoms with Crippen LogP contribution in [-0.2, 0) is 0 Å². The predicted octanol–water partition coefficient (Wildman–Crippen LogP) is 2.21. The number of amides is 1. The van der Waals surface area contributed by atoms with Gasteiger partial charge in [0.25, 0.3) is 5.91 Å². The van der Waals surface area contributed by atoms with Gasteiger partial charge in [0, 0.05) is 24.2 Å². The van der Waals surface area contributed by atoms with Crippen molar-refractivity contribution in [1.29, 1.82) is 0 Å². The number of benzene rings is 1. The maximum absolute atomic E-state index is 12.8. The number of aliphatic hydroxyl groups excluding tert-OH is 1. The molecule has 1 saturated heterocycles. The van der Waals surface area contributed by atoms with Crippen LogP contribution in [0.2, 0.25) is 0 Å². The summed E-state index contributed by atoms with van der Waals surface area (Å²) in [7, 11) is 0. The van der Waals surface area contributed by atoms with Crippen molar-refractivity contribution in [3.63, 3.8) is 0 Å². The fraction of sp³-hybridized carbons (Fsp3) is 0.500. The maximum atomic E-state index is 12.8. The van der Waals surface area contributed by atoms with Crippen LogP contribution in [0.25, 0.3) is 0 Å². The molecule has 110 valence electrons. The molecule has 1 saturated carbocycles. The molecule has 3 heteroatoms. The van der Waals surface area contributed by atoms with Gasteiger partial charge in [-0.1, -0.05) is 24.3 Å². The van der Waals surface area contributed by atoms with Gasteiger partial charge in [0.15, 0.2) is 0 Å². The molecule has 2 atom stereocenters. The van der Waals surface area contributed by atoms with E-state index in [1.54, 1.807) is 0 Å². The first kappa shape index (κ1) is 14.2. The van der Waals surface area contributed by atoms with Gasteiger partial charge in [0.1, 0.15) is 6.61 Å². The minimum atomic E-state index is -0.160. The summed E-state index contributed by atoms with van der Waals surface area (Å²) < 4.78 is 0. The Hall–Kier alpha value is -1.79. The number of aliphatic hydroxyl groups is 1. The van der Waals surface area contributed by atoms with Crippen molar-refractivity contribution in [2.24, 2.45) is 11.8 Å². The summed E-state index contributed by atoms with van der Waals surface area (Å²) in [4.78, 5) is 14.8. The first-order chi connectivity index (χ1) is 10.2. The van der Waals surface area contributed by atoms with Crippen LogP contribution in [-0.4, -0.2) is 35.6 Å². The third kappa shape index (κ3) is 2.69. The Kier molecular flexibility index (Phi) is 3.98. The molecule has 1 heterocycles. The fourth-order valence-electron chi connectivity index (χ4n) is 3.71. The normalized spacial score (nSPS) is 23.6. The molecule has 2 aliphatic rings. The van der Waals surface area contributed by atoms with E-state index in [9.17, 15) is 4.79 Å². The number of fused-ring (bicyclic) bond motifs is 1. The van der Waals surface area contributed by atoms with Gasteiger partial charge in [-0.05, 0) is 49.3 Å². The second kappa shape index (κ2) is 5.91. The molecular weight excluding hydrogens is 262 g/mol. The standard InChI is InChI=1S/C18H21NO2/c1-13-14(8-4-10-20)5-3-9-17(13)18(21)19-11-15-6-2-7-16(15)12-19/h3,5,9,15-16,20H,2,6-7,10-12H2,1H3. The zero-order valence-electron chi connectivity index (χ0n) is 12.4. The first-order valence-corrected chi connectivity index (χ1v) is 7.69. The molecule has 0 aromatic heterocycles. The van der Waals surface area contributed by atoms with Crippen LogP contribution in [0.3, 0.4) is 0 Å². The van der Waals surface area contributed by atoms with Crippen LogP contribution < -0.4 is 0 Å². The molecule has 2 unspecified atom stereocenters. The van der Waals surface area contributed by atoms with E-state index in [0.717, 1.165) is 29.8 Å². The van der Waals surface area contributed by atoms with Crippen molar-refractivity contribution in [2.75, 3.05) is 19.7 Å². The second-order valence-corrected chi connectivity index (χ2v) is 6.10. The summed E-state index contributed by atoms with van der Waals surface area (Å²) in [6.45, 7) is 3.60. The zero-order valence-corrected chi connectivity index (χ0v) is 12.4. The van der Waals surface area contributed by atoms with Crippen LogP contribution in [0, 0.1) is 30.6 Å². The number of likely N-dealkylation sites (tertiary alicyclic amines) is 1. The molecule has 2 fully saturated rings. The quantitative estimate of drug-likeness (QED) is 0.803. The molecule has 1 aromatic carbocycles. The number of carbonyl (C=O) groups is 1. The topological polar surface area (TPSA) is 40.5 Å². The number of carbonyl (C=O) groups excluding carboxylic acids is 1. The monoisotopic (exact) mass is 283 g/mol. The summed E-state index contributed by atoms with van der Waals surface area (Å²) in [6, 6.07) is 5.65. The van der Waals surface area contributed by atoms with Gasteiger partial charge < -0.3 is 10.0 Å². The van der Waals surface area contributed by atoms with Crippen molar-refractivity contribution in [2.45, 2.75) is 26.2 Å². The molecular formula is C18H21NO2. The Morgan fingerprint density at radius 2 is 2.05 bits per heavy atom. The SMILES string of the molecule is Cc1c(C#CCO)cccc1C(=O)N1CC2CCCC2C1. The lowest BCUT2D eigenvalue weighted by Gasteiger charge is -2.19. The molecule has 0 spiro atoms. The molecule has 1 aliphatic carbocycles. The Morgan fingerprint density at radius 1 is 1.33 bits per heavy atom. The fourth-order valence-corrected chi connectivity index (χ4v) is 3.71. The van der Waals surface area contributed by atoms with Gasteiger partial charge in [-0.2, -0.15) is 0 Å². The summed E-state index contributed by atoms with van der Waals surface area (Å²) in [5.41, 5.74) is 2.49. The lowest BCUT2D eigenvalue weighted by Crippen LogP contribution is -2.30. The second-order valence-electron chi connectivity index (χ2n) is 6.10. The zero-order chi connectivity index (χ0) is 14.8. The van der Waals surface area contributed by atoms with Crippen molar-refractivity contribution in [3.05, 3.63) is 34.9 Å². The minimum Gasteiger partial charge on any atom is -0.384 e. The smallest absolute Gasteiger partial charge is 0.254 e. The highest BCUT2D eigenvalue weighted by atomic mass is 16.2. The van der Waals surface area contributed by atoms with Crippen LogP contribution in [0.15, 0.2) is 18.2 Å². The van der Waals surface area contributed by atoms with Crippen molar-refractivity contribution >= 4 is 5.91 Å². The summed E-state index contributed by atoms with van der Waals surface area (Å²) in [5, 5.41) is 8.81. The van der Waals surface area contributed by atoms with Crippen LogP contribution in [0.1, 0.15) is 40.7 Å². The summed E-state index contributed by atoms with van der Waals surface area (Å²) in [6.07, 6.45) is 3.87. The molecule has 1 amide bonds. The van der Waals surface area contributed by atoms with Crippen molar-refractivity contribution < 1.29 is 9.90 Å². The predicted molar refractivity (Wildman–Crippen MR) is 81.9 cm³/mol. The van der Waals surface area contributed by atoms with E-state index in [4.69, 9.17) is 5.11 Å². The van der Waals surface area contributed by atoms with Crippen LogP contribution in [0.4, 0.5) is 0 Å². The molecule has 1 N–H and O–H groups in total.